The molecule has 44 heavy (non-hydrogen) atoms. The normalized spacial score (nSPS) is 11.4. The summed E-state index contributed by atoms with van der Waals surface area (Å²) in [5.41, 5.74) is 1.86. The van der Waals surface area contributed by atoms with Crippen molar-refractivity contribution in [2.45, 2.75) is 32.2 Å². The highest BCUT2D eigenvalue weighted by molar-refractivity contribution is 5.92. The number of rotatable bonds is 14. The lowest BCUT2D eigenvalue weighted by Gasteiger charge is -2.25. The molecule has 0 aliphatic heterocycles. The van der Waals surface area contributed by atoms with Crippen molar-refractivity contribution in [2.24, 2.45) is 0 Å². The number of amides is 2. The number of unbranched alkanes of at least 4 members (excludes halogenated alkanes) is 1. The van der Waals surface area contributed by atoms with E-state index in [1.54, 1.807) is 56.9 Å². The van der Waals surface area contributed by atoms with Crippen LogP contribution in [0.2, 0.25) is 0 Å². The molecule has 3 aromatic rings. The van der Waals surface area contributed by atoms with E-state index in [9.17, 15) is 14.0 Å². The Bertz CT molecular complexity index is 1470. The van der Waals surface area contributed by atoms with Crippen LogP contribution in [-0.4, -0.2) is 84.0 Å². The van der Waals surface area contributed by atoms with Crippen LogP contribution in [0.15, 0.2) is 60.9 Å². The molecule has 11 nitrogen and oxygen atoms in total. The first-order valence-corrected chi connectivity index (χ1v) is 14.2. The van der Waals surface area contributed by atoms with Crippen molar-refractivity contribution >= 4 is 35.0 Å². The van der Waals surface area contributed by atoms with Gasteiger partial charge in [-0.15, -0.1) is 0 Å². The van der Waals surface area contributed by atoms with Crippen LogP contribution in [0.3, 0.4) is 0 Å². The number of hydrogen-bond acceptors (Lipinski definition) is 9. The maximum absolute atomic E-state index is 13.3. The fraction of sp³-hybridized carbons (Fsp3) is 0.344. The molecule has 1 aromatic carbocycles. The van der Waals surface area contributed by atoms with E-state index in [-0.39, 0.29) is 17.6 Å². The molecule has 232 valence electrons. The van der Waals surface area contributed by atoms with Crippen molar-refractivity contribution in [2.75, 3.05) is 52.0 Å². The van der Waals surface area contributed by atoms with Crippen LogP contribution in [0.5, 0.6) is 5.88 Å². The van der Waals surface area contributed by atoms with E-state index in [0.29, 0.717) is 66.9 Å². The second kappa shape index (κ2) is 17.2. The average Bonchev–Trinajstić information content (AvgIpc) is 3.01. The predicted octanol–water partition coefficient (Wildman–Crippen LogP) is 4.11. The van der Waals surface area contributed by atoms with Crippen LogP contribution in [0.4, 0.5) is 27.5 Å². The highest BCUT2D eigenvalue weighted by Gasteiger charge is 2.23. The van der Waals surface area contributed by atoms with Crippen LogP contribution in [-0.2, 0) is 9.59 Å². The van der Waals surface area contributed by atoms with E-state index >= 15 is 0 Å². The van der Waals surface area contributed by atoms with Gasteiger partial charge in [0.05, 0.1) is 30.8 Å². The van der Waals surface area contributed by atoms with E-state index in [1.807, 2.05) is 25.9 Å². The molecule has 0 spiro atoms. The van der Waals surface area contributed by atoms with Gasteiger partial charge in [0.1, 0.15) is 11.9 Å². The smallest absolute Gasteiger partial charge is 0.246 e. The van der Waals surface area contributed by atoms with Crippen molar-refractivity contribution < 1.29 is 18.7 Å². The molecule has 2 aromatic heterocycles. The average molecular weight is 603 g/mol. The number of nitrogens with one attached hydrogen (secondary N) is 3. The van der Waals surface area contributed by atoms with E-state index in [1.165, 1.54) is 23.1 Å². The Morgan fingerprint density at radius 1 is 1.05 bits per heavy atom. The zero-order valence-corrected chi connectivity index (χ0v) is 25.7. The Labute approximate surface area is 257 Å². The van der Waals surface area contributed by atoms with Gasteiger partial charge in [0.2, 0.25) is 23.6 Å². The van der Waals surface area contributed by atoms with Gasteiger partial charge in [-0.2, -0.15) is 4.98 Å². The van der Waals surface area contributed by atoms with Crippen molar-refractivity contribution in [3.63, 3.8) is 0 Å². The summed E-state index contributed by atoms with van der Waals surface area (Å²) in [5.74, 6) is 6.70. The standard InChI is InChI=1S/C32H39FN8O3/c1-6-27(41(4)29(42)12-10-20-40(2)3)31(43)34-19-9-7-8-11-23-21-36-32(38-25-15-13-24(33)14-16-25)39-30(23)37-26-17-18-28(44-5)35-22-26/h10,12-18,21-22,27H,6-7,9,19-20H2,1-5H3,(H,34,43)(H2,36,37,38,39)/t27-/m0/s1. The number of pyridine rings is 1. The molecule has 3 rings (SSSR count). The molecule has 3 N–H and O–H groups in total. The summed E-state index contributed by atoms with van der Waals surface area (Å²) >= 11 is 0. The Morgan fingerprint density at radius 3 is 2.45 bits per heavy atom. The van der Waals surface area contributed by atoms with Crippen molar-refractivity contribution in [1.82, 2.24) is 30.1 Å². The van der Waals surface area contributed by atoms with E-state index < -0.39 is 6.04 Å². The maximum atomic E-state index is 13.3. The first-order chi connectivity index (χ1) is 21.2. The van der Waals surface area contributed by atoms with Gasteiger partial charge >= 0.3 is 0 Å². The molecule has 2 heterocycles. The number of ether oxygens (including phenoxy) is 1. The number of nitrogens with zero attached hydrogens (tertiary/aromatic N) is 5. The SMILES string of the molecule is CC[C@@H](C(=O)NCCCC#Cc1cnc(Nc2ccc(F)cc2)nc1Nc1ccc(OC)nc1)N(C)C(=O)C=CCN(C)C. The predicted molar refractivity (Wildman–Crippen MR) is 169 cm³/mol. The van der Waals surface area contributed by atoms with E-state index in [4.69, 9.17) is 4.74 Å². The summed E-state index contributed by atoms with van der Waals surface area (Å²) in [4.78, 5) is 41.8. The molecule has 0 bridgehead atoms. The van der Waals surface area contributed by atoms with Gasteiger partial charge in [-0.3, -0.25) is 9.59 Å². The summed E-state index contributed by atoms with van der Waals surface area (Å²) in [5, 5.41) is 9.18. The molecule has 0 radical (unpaired) electrons. The molecule has 12 heteroatoms. The van der Waals surface area contributed by atoms with E-state index in [2.05, 4.69) is 42.7 Å². The second-order valence-electron chi connectivity index (χ2n) is 10.0. The molecular weight excluding hydrogens is 563 g/mol. The molecule has 0 saturated carbocycles. The number of carbonyl (C=O) groups excluding carboxylic acids is 2. The van der Waals surface area contributed by atoms with Gasteiger partial charge in [0, 0.05) is 44.4 Å². The van der Waals surface area contributed by atoms with Gasteiger partial charge in [-0.25, -0.2) is 14.4 Å². The summed E-state index contributed by atoms with van der Waals surface area (Å²) in [7, 11) is 7.01. The summed E-state index contributed by atoms with van der Waals surface area (Å²) < 4.78 is 18.4. The van der Waals surface area contributed by atoms with Gasteiger partial charge in [0.15, 0.2) is 5.82 Å². The van der Waals surface area contributed by atoms with Gasteiger partial charge in [-0.05, 0) is 57.3 Å². The third kappa shape index (κ3) is 10.7. The monoisotopic (exact) mass is 602 g/mol. The zero-order chi connectivity index (χ0) is 31.9. The molecule has 0 saturated heterocycles. The lowest BCUT2D eigenvalue weighted by molar-refractivity contribution is -0.135. The number of aromatic nitrogens is 3. The first-order valence-electron chi connectivity index (χ1n) is 14.2. The van der Waals surface area contributed by atoms with Crippen LogP contribution in [0, 0.1) is 17.7 Å². The Kier molecular flexibility index (Phi) is 13.1. The van der Waals surface area contributed by atoms with Crippen molar-refractivity contribution in [3.05, 3.63) is 72.3 Å². The van der Waals surface area contributed by atoms with Crippen molar-refractivity contribution in [3.8, 4) is 17.7 Å². The molecule has 0 aliphatic carbocycles. The minimum atomic E-state index is -0.558. The molecule has 0 aliphatic rings. The summed E-state index contributed by atoms with van der Waals surface area (Å²) in [6.45, 7) is 2.93. The Hall–Kier alpha value is -5.02. The van der Waals surface area contributed by atoms with Gasteiger partial charge in [-0.1, -0.05) is 24.8 Å². The summed E-state index contributed by atoms with van der Waals surface area (Å²) in [6.07, 6.45) is 8.11. The number of carbonyl (C=O) groups is 2. The highest BCUT2D eigenvalue weighted by Crippen LogP contribution is 2.22. The number of hydrogen-bond donors (Lipinski definition) is 3. The van der Waals surface area contributed by atoms with Crippen LogP contribution in [0.1, 0.15) is 31.7 Å². The van der Waals surface area contributed by atoms with Gasteiger partial charge in [0.25, 0.3) is 0 Å². The van der Waals surface area contributed by atoms with Crippen molar-refractivity contribution in [1.29, 1.82) is 0 Å². The maximum Gasteiger partial charge on any atom is 0.246 e. The quantitative estimate of drug-likeness (QED) is 0.142. The fourth-order valence-corrected chi connectivity index (χ4v) is 3.94. The molecule has 0 unspecified atom stereocenters. The molecule has 2 amide bonds. The number of methoxy groups -OCH3 is 1. The minimum Gasteiger partial charge on any atom is -0.481 e. The largest absolute Gasteiger partial charge is 0.481 e. The van der Waals surface area contributed by atoms with E-state index in [0.717, 1.165) is 0 Å². The number of benzene rings is 1. The number of likely N-dealkylation sites (N-methyl/N-ethyl adjacent to an activating group) is 2. The lowest BCUT2D eigenvalue weighted by atomic mass is 10.1. The third-order valence-electron chi connectivity index (χ3n) is 6.33. The fourth-order valence-electron chi connectivity index (χ4n) is 3.94. The van der Waals surface area contributed by atoms with Gasteiger partial charge < -0.3 is 30.5 Å². The van der Waals surface area contributed by atoms with Crippen LogP contribution in [0.25, 0.3) is 0 Å². The number of anilines is 4. The zero-order valence-electron chi connectivity index (χ0n) is 25.7. The summed E-state index contributed by atoms with van der Waals surface area (Å²) in [6, 6.07) is 8.84. The van der Waals surface area contributed by atoms with Crippen LogP contribution < -0.4 is 20.7 Å². The second-order valence-corrected chi connectivity index (χ2v) is 10.0. The lowest BCUT2D eigenvalue weighted by Crippen LogP contribution is -2.47. The third-order valence-corrected chi connectivity index (χ3v) is 6.33. The molecule has 1 atom stereocenters. The Morgan fingerprint density at radius 2 is 1.80 bits per heavy atom. The topological polar surface area (TPSA) is 125 Å². The van der Waals surface area contributed by atoms with Crippen LogP contribution >= 0.6 is 0 Å². The number of halogens is 1. The first kappa shape index (κ1) is 33.5. The molecule has 0 fully saturated rings. The minimum absolute atomic E-state index is 0.199. The molecular formula is C32H39FN8O3. The highest BCUT2D eigenvalue weighted by atomic mass is 19.1. The Balaban J connectivity index is 1.61.